The lowest BCUT2D eigenvalue weighted by atomic mass is 10.2. The number of benzene rings is 2. The van der Waals surface area contributed by atoms with Crippen LogP contribution in [-0.2, 0) is 24.1 Å². The van der Waals surface area contributed by atoms with E-state index in [0.29, 0.717) is 11.2 Å². The number of nitrogens with one attached hydrogen (secondary N) is 1. The third kappa shape index (κ3) is 2.53. The summed E-state index contributed by atoms with van der Waals surface area (Å²) >= 11 is 0. The van der Waals surface area contributed by atoms with Crippen molar-refractivity contribution >= 4 is 26.7 Å². The maximum absolute atomic E-state index is 12.5. The quantitative estimate of drug-likeness (QED) is 0.797. The van der Waals surface area contributed by atoms with Crippen molar-refractivity contribution in [2.45, 2.75) is 11.8 Å². The zero-order chi connectivity index (χ0) is 16.8. The molecule has 0 fully saturated rings. The van der Waals surface area contributed by atoms with Gasteiger partial charge in [-0.15, -0.1) is 0 Å². The van der Waals surface area contributed by atoms with Crippen molar-refractivity contribution in [1.82, 2.24) is 9.13 Å². The van der Waals surface area contributed by atoms with Crippen LogP contribution in [0.15, 0.2) is 52.2 Å². The topological polar surface area (TPSA) is 73.1 Å². The van der Waals surface area contributed by atoms with E-state index in [-0.39, 0.29) is 10.6 Å². The fourth-order valence-corrected chi connectivity index (χ4v) is 3.71. The van der Waals surface area contributed by atoms with Crippen LogP contribution in [-0.4, -0.2) is 17.6 Å². The molecule has 6 nitrogen and oxygen atoms in total. The summed E-state index contributed by atoms with van der Waals surface area (Å²) in [6.45, 7) is 1.81. The number of hydrogen-bond donors (Lipinski definition) is 1. The Kier molecular flexibility index (Phi) is 3.52. The van der Waals surface area contributed by atoms with Gasteiger partial charge in [0.1, 0.15) is 0 Å². The lowest BCUT2D eigenvalue weighted by Crippen LogP contribution is -2.19. The molecule has 1 N–H and O–H groups in total. The van der Waals surface area contributed by atoms with Crippen molar-refractivity contribution in [3.05, 3.63) is 58.5 Å². The Hall–Kier alpha value is -2.54. The van der Waals surface area contributed by atoms with Gasteiger partial charge in [-0.25, -0.2) is 13.2 Å². The van der Waals surface area contributed by atoms with Crippen LogP contribution in [0.4, 0.5) is 5.69 Å². The lowest BCUT2D eigenvalue weighted by Gasteiger charge is -2.11. The minimum Gasteiger partial charge on any atom is -0.295 e. The molecule has 1 aromatic heterocycles. The van der Waals surface area contributed by atoms with Crippen LogP contribution < -0.4 is 10.4 Å². The molecule has 120 valence electrons. The number of aryl methyl sites for hydroxylation is 3. The Morgan fingerprint density at radius 3 is 2.13 bits per heavy atom. The number of nitrogens with zero attached hydrogens (tertiary/aromatic N) is 2. The zero-order valence-corrected chi connectivity index (χ0v) is 13.9. The molecular weight excluding hydrogens is 314 g/mol. The Morgan fingerprint density at radius 2 is 1.52 bits per heavy atom. The second-order valence-corrected chi connectivity index (χ2v) is 7.16. The van der Waals surface area contributed by atoms with E-state index in [1.54, 1.807) is 51.4 Å². The van der Waals surface area contributed by atoms with Crippen LogP contribution in [0.5, 0.6) is 0 Å². The molecule has 0 radical (unpaired) electrons. The number of imidazole rings is 1. The molecule has 0 saturated carbocycles. The van der Waals surface area contributed by atoms with Gasteiger partial charge in [0.05, 0.1) is 21.6 Å². The van der Waals surface area contributed by atoms with Gasteiger partial charge in [-0.2, -0.15) is 0 Å². The minimum atomic E-state index is -3.66. The molecule has 2 aromatic carbocycles. The standard InChI is InChI=1S/C16H17N3O3S/c1-11-9-14-15(19(3)16(20)18(14)2)10-13(11)17-23(21,22)12-7-5-4-6-8-12/h4-10,17H,1-3H3. The van der Waals surface area contributed by atoms with Gasteiger partial charge in [-0.05, 0) is 36.8 Å². The molecule has 0 bridgehead atoms. The highest BCUT2D eigenvalue weighted by molar-refractivity contribution is 7.92. The van der Waals surface area contributed by atoms with Crippen LogP contribution in [0.3, 0.4) is 0 Å². The van der Waals surface area contributed by atoms with Gasteiger partial charge < -0.3 is 0 Å². The van der Waals surface area contributed by atoms with Gasteiger partial charge in [0.2, 0.25) is 0 Å². The maximum atomic E-state index is 12.5. The average molecular weight is 331 g/mol. The monoisotopic (exact) mass is 331 g/mol. The molecule has 7 heteroatoms. The van der Waals surface area contributed by atoms with E-state index in [0.717, 1.165) is 11.1 Å². The highest BCUT2D eigenvalue weighted by Crippen LogP contribution is 2.25. The molecule has 0 spiro atoms. The molecular formula is C16H17N3O3S. The molecule has 0 aliphatic rings. The van der Waals surface area contributed by atoms with Crippen molar-refractivity contribution in [2.24, 2.45) is 14.1 Å². The van der Waals surface area contributed by atoms with Crippen LogP contribution in [0, 0.1) is 6.92 Å². The number of sulfonamides is 1. The number of aromatic nitrogens is 2. The first-order valence-electron chi connectivity index (χ1n) is 7.05. The number of rotatable bonds is 3. The van der Waals surface area contributed by atoms with Gasteiger partial charge in [0.25, 0.3) is 10.0 Å². The molecule has 0 atom stereocenters. The summed E-state index contributed by atoms with van der Waals surface area (Å²) in [5.74, 6) is 0. The Balaban J connectivity index is 2.13. The SMILES string of the molecule is Cc1cc2c(cc1NS(=O)(=O)c1ccccc1)n(C)c(=O)n2C. The average Bonchev–Trinajstić information content (AvgIpc) is 2.73. The Bertz CT molecular complexity index is 1050. The lowest BCUT2D eigenvalue weighted by molar-refractivity contribution is 0.601. The summed E-state index contributed by atoms with van der Waals surface area (Å²) in [6, 6.07) is 11.7. The first kappa shape index (κ1) is 15.4. The number of fused-ring (bicyclic) bond motifs is 1. The van der Waals surface area contributed by atoms with E-state index in [2.05, 4.69) is 4.72 Å². The van der Waals surface area contributed by atoms with Crippen LogP contribution in [0.2, 0.25) is 0 Å². The summed E-state index contributed by atoms with van der Waals surface area (Å²) in [5.41, 5.74) is 2.50. The maximum Gasteiger partial charge on any atom is 0.328 e. The van der Waals surface area contributed by atoms with Crippen LogP contribution >= 0.6 is 0 Å². The molecule has 3 rings (SSSR count). The Morgan fingerprint density at radius 1 is 0.957 bits per heavy atom. The van der Waals surface area contributed by atoms with Gasteiger partial charge in [0.15, 0.2) is 0 Å². The van der Waals surface area contributed by atoms with Crippen molar-refractivity contribution in [2.75, 3.05) is 4.72 Å². The van der Waals surface area contributed by atoms with E-state index in [1.165, 1.54) is 21.3 Å². The summed E-state index contributed by atoms with van der Waals surface area (Å²) in [6.07, 6.45) is 0. The molecule has 0 aliphatic heterocycles. The summed E-state index contributed by atoms with van der Waals surface area (Å²) in [7, 11) is -0.310. The van der Waals surface area contributed by atoms with Gasteiger partial charge >= 0.3 is 5.69 Å². The third-order valence-corrected chi connectivity index (χ3v) is 5.30. The second-order valence-electron chi connectivity index (χ2n) is 5.48. The molecule has 0 unspecified atom stereocenters. The number of anilines is 1. The van der Waals surface area contributed by atoms with Crippen molar-refractivity contribution in [3.63, 3.8) is 0 Å². The van der Waals surface area contributed by atoms with E-state index in [1.807, 2.05) is 0 Å². The summed E-state index contributed by atoms with van der Waals surface area (Å²) in [4.78, 5) is 12.2. The fraction of sp³-hybridized carbons (Fsp3) is 0.188. The van der Waals surface area contributed by atoms with Crippen molar-refractivity contribution < 1.29 is 8.42 Å². The normalized spacial score (nSPS) is 11.8. The summed E-state index contributed by atoms with van der Waals surface area (Å²) < 4.78 is 30.6. The van der Waals surface area contributed by atoms with Gasteiger partial charge in [-0.1, -0.05) is 18.2 Å². The molecule has 0 aliphatic carbocycles. The first-order chi connectivity index (χ1) is 10.8. The van der Waals surface area contributed by atoms with Gasteiger partial charge in [-0.3, -0.25) is 13.9 Å². The fourth-order valence-electron chi connectivity index (χ4n) is 2.56. The van der Waals surface area contributed by atoms with Gasteiger partial charge in [0, 0.05) is 14.1 Å². The van der Waals surface area contributed by atoms with E-state index >= 15 is 0 Å². The van der Waals surface area contributed by atoms with Crippen molar-refractivity contribution in [3.8, 4) is 0 Å². The molecule has 23 heavy (non-hydrogen) atoms. The van der Waals surface area contributed by atoms with Crippen LogP contribution in [0.1, 0.15) is 5.56 Å². The highest BCUT2D eigenvalue weighted by Gasteiger charge is 2.17. The molecule has 0 amide bonds. The minimum absolute atomic E-state index is 0.150. The second kappa shape index (κ2) is 5.27. The first-order valence-corrected chi connectivity index (χ1v) is 8.53. The third-order valence-electron chi connectivity index (χ3n) is 3.92. The predicted molar refractivity (Wildman–Crippen MR) is 90.1 cm³/mol. The smallest absolute Gasteiger partial charge is 0.295 e. The summed E-state index contributed by atoms with van der Waals surface area (Å²) in [5, 5.41) is 0. The Labute approximate surface area is 134 Å². The van der Waals surface area contributed by atoms with E-state index in [4.69, 9.17) is 0 Å². The molecule has 0 saturated heterocycles. The zero-order valence-electron chi connectivity index (χ0n) is 13.1. The highest BCUT2D eigenvalue weighted by atomic mass is 32.2. The number of hydrogen-bond acceptors (Lipinski definition) is 3. The van der Waals surface area contributed by atoms with Crippen LogP contribution in [0.25, 0.3) is 11.0 Å². The van der Waals surface area contributed by atoms with E-state index in [9.17, 15) is 13.2 Å². The van der Waals surface area contributed by atoms with Crippen molar-refractivity contribution in [1.29, 1.82) is 0 Å². The largest absolute Gasteiger partial charge is 0.328 e. The van der Waals surface area contributed by atoms with E-state index < -0.39 is 10.0 Å². The molecule has 3 aromatic rings. The predicted octanol–water partition coefficient (Wildman–Crippen LogP) is 1.99. The molecule has 1 heterocycles.